The smallest absolute Gasteiger partial charge is 0.309 e. The Hall–Kier alpha value is -2.15. The van der Waals surface area contributed by atoms with E-state index in [1.54, 1.807) is 13.0 Å². The normalized spacial score (nSPS) is 9.31. The van der Waals surface area contributed by atoms with Crippen LogP contribution in [-0.4, -0.2) is 19.4 Å². The third-order valence-electron chi connectivity index (χ3n) is 2.24. The monoisotopic (exact) mass is 217 g/mol. The van der Waals surface area contributed by atoms with Gasteiger partial charge < -0.3 is 4.74 Å². The number of nitriles is 1. The average molecular weight is 217 g/mol. The van der Waals surface area contributed by atoms with Crippen molar-refractivity contribution in [3.8, 4) is 6.07 Å². The van der Waals surface area contributed by atoms with Crippen LogP contribution in [0.3, 0.4) is 0 Å². The molecule has 0 N–H and O–H groups in total. The molecule has 4 heteroatoms. The van der Waals surface area contributed by atoms with Crippen molar-refractivity contribution in [1.82, 2.24) is 0 Å². The number of aryl methyl sites for hydroxylation is 1. The van der Waals surface area contributed by atoms with E-state index in [1.165, 1.54) is 13.2 Å². The second-order valence-electron chi connectivity index (χ2n) is 3.36. The molecule has 0 aromatic heterocycles. The first-order valence-electron chi connectivity index (χ1n) is 4.68. The highest BCUT2D eigenvalue weighted by atomic mass is 16.5. The molecule has 0 heterocycles. The van der Waals surface area contributed by atoms with Crippen molar-refractivity contribution in [2.75, 3.05) is 7.11 Å². The van der Waals surface area contributed by atoms with Gasteiger partial charge in [-0.1, -0.05) is 6.07 Å². The highest BCUT2D eigenvalue weighted by Crippen LogP contribution is 2.15. The van der Waals surface area contributed by atoms with Crippen molar-refractivity contribution >= 4 is 12.3 Å². The van der Waals surface area contributed by atoms with Crippen LogP contribution in [0.4, 0.5) is 0 Å². The van der Waals surface area contributed by atoms with Crippen molar-refractivity contribution in [1.29, 1.82) is 5.26 Å². The maximum absolute atomic E-state index is 11.1. The summed E-state index contributed by atoms with van der Waals surface area (Å²) in [4.78, 5) is 21.8. The molecule has 0 aliphatic rings. The third kappa shape index (κ3) is 2.45. The van der Waals surface area contributed by atoms with Gasteiger partial charge in [-0.15, -0.1) is 0 Å². The minimum absolute atomic E-state index is 0.101. The Balaban J connectivity index is 3.16. The van der Waals surface area contributed by atoms with Crippen LogP contribution in [0.5, 0.6) is 0 Å². The number of aldehydes is 1. The summed E-state index contributed by atoms with van der Waals surface area (Å²) in [6.45, 7) is 1.73. The van der Waals surface area contributed by atoms with E-state index in [-0.39, 0.29) is 12.4 Å². The fourth-order valence-electron chi connectivity index (χ4n) is 1.48. The lowest BCUT2D eigenvalue weighted by molar-refractivity contribution is -0.139. The molecule has 0 spiro atoms. The lowest BCUT2D eigenvalue weighted by atomic mass is 9.98. The fourth-order valence-corrected chi connectivity index (χ4v) is 1.48. The Kier molecular flexibility index (Phi) is 3.78. The van der Waals surface area contributed by atoms with Gasteiger partial charge in [0.05, 0.1) is 19.1 Å². The summed E-state index contributed by atoms with van der Waals surface area (Å²) in [6, 6.07) is 5.21. The van der Waals surface area contributed by atoms with E-state index in [4.69, 9.17) is 5.26 Å². The molecule has 0 saturated carbocycles. The van der Waals surface area contributed by atoms with Gasteiger partial charge >= 0.3 is 5.97 Å². The Labute approximate surface area is 93.5 Å². The lowest BCUT2D eigenvalue weighted by Gasteiger charge is -2.05. The van der Waals surface area contributed by atoms with Crippen molar-refractivity contribution in [3.63, 3.8) is 0 Å². The van der Waals surface area contributed by atoms with Crippen LogP contribution < -0.4 is 0 Å². The standard InChI is InChI=1S/C12H11NO3/c1-8-3-9(5-12(15)16-2)4-10(7-14)11(8)6-13/h3-4,7H,5H2,1-2H3. The minimum Gasteiger partial charge on any atom is -0.469 e. The quantitative estimate of drug-likeness (QED) is 0.566. The van der Waals surface area contributed by atoms with Crippen LogP contribution in [-0.2, 0) is 16.0 Å². The van der Waals surface area contributed by atoms with Crippen LogP contribution in [0.1, 0.15) is 27.0 Å². The van der Waals surface area contributed by atoms with E-state index in [1.807, 2.05) is 6.07 Å². The van der Waals surface area contributed by atoms with Crippen LogP contribution in [0.15, 0.2) is 12.1 Å². The molecule has 0 aliphatic heterocycles. The molecule has 0 radical (unpaired) electrons. The number of carbonyl (C=O) groups excluding carboxylic acids is 2. The first-order chi connectivity index (χ1) is 7.62. The first kappa shape index (κ1) is 11.9. The molecular formula is C12H11NO3. The van der Waals surface area contributed by atoms with Gasteiger partial charge in [-0.3, -0.25) is 9.59 Å². The van der Waals surface area contributed by atoms with E-state index in [9.17, 15) is 9.59 Å². The average Bonchev–Trinajstić information content (AvgIpc) is 2.28. The maximum Gasteiger partial charge on any atom is 0.309 e. The van der Waals surface area contributed by atoms with Crippen LogP contribution in [0.2, 0.25) is 0 Å². The number of ether oxygens (including phenoxy) is 1. The van der Waals surface area contributed by atoms with Gasteiger partial charge in [0.25, 0.3) is 0 Å². The van der Waals surface area contributed by atoms with E-state index in [2.05, 4.69) is 4.74 Å². The SMILES string of the molecule is COC(=O)Cc1cc(C)c(C#N)c(C=O)c1. The van der Waals surface area contributed by atoms with Gasteiger partial charge in [0.2, 0.25) is 0 Å². The number of benzene rings is 1. The molecule has 82 valence electrons. The van der Waals surface area contributed by atoms with Crippen LogP contribution in [0, 0.1) is 18.3 Å². The molecule has 16 heavy (non-hydrogen) atoms. The van der Waals surface area contributed by atoms with E-state index >= 15 is 0 Å². The predicted molar refractivity (Wildman–Crippen MR) is 57.0 cm³/mol. The number of rotatable bonds is 3. The van der Waals surface area contributed by atoms with Gasteiger partial charge in [-0.2, -0.15) is 5.26 Å². The molecule has 0 saturated heterocycles. The molecule has 0 fully saturated rings. The largest absolute Gasteiger partial charge is 0.469 e. The maximum atomic E-state index is 11.1. The Morgan fingerprint density at radius 1 is 1.56 bits per heavy atom. The van der Waals surface area contributed by atoms with Crippen LogP contribution >= 0.6 is 0 Å². The van der Waals surface area contributed by atoms with Crippen molar-refractivity contribution in [2.24, 2.45) is 0 Å². The molecule has 0 unspecified atom stereocenters. The second-order valence-corrected chi connectivity index (χ2v) is 3.36. The Bertz CT molecular complexity index is 472. The van der Waals surface area contributed by atoms with E-state index in [0.29, 0.717) is 28.5 Å². The van der Waals surface area contributed by atoms with Gasteiger partial charge in [0.15, 0.2) is 6.29 Å². The Morgan fingerprint density at radius 3 is 2.75 bits per heavy atom. The molecule has 0 atom stereocenters. The number of hydrogen-bond acceptors (Lipinski definition) is 4. The van der Waals surface area contributed by atoms with Gasteiger partial charge in [0, 0.05) is 5.56 Å². The highest BCUT2D eigenvalue weighted by Gasteiger charge is 2.10. The van der Waals surface area contributed by atoms with Crippen molar-refractivity contribution < 1.29 is 14.3 Å². The molecule has 1 aromatic rings. The minimum atomic E-state index is -0.374. The lowest BCUT2D eigenvalue weighted by Crippen LogP contribution is -2.06. The Morgan fingerprint density at radius 2 is 2.25 bits per heavy atom. The summed E-state index contributed by atoms with van der Waals surface area (Å²) in [5, 5.41) is 8.85. The molecular weight excluding hydrogens is 206 g/mol. The molecule has 1 rings (SSSR count). The topological polar surface area (TPSA) is 67.2 Å². The molecule has 0 bridgehead atoms. The van der Waals surface area contributed by atoms with Gasteiger partial charge in [0.1, 0.15) is 6.07 Å². The zero-order chi connectivity index (χ0) is 12.1. The highest BCUT2D eigenvalue weighted by molar-refractivity contribution is 5.81. The third-order valence-corrected chi connectivity index (χ3v) is 2.24. The van der Waals surface area contributed by atoms with Gasteiger partial charge in [-0.05, 0) is 24.1 Å². The zero-order valence-electron chi connectivity index (χ0n) is 9.11. The van der Waals surface area contributed by atoms with Crippen molar-refractivity contribution in [2.45, 2.75) is 13.3 Å². The summed E-state index contributed by atoms with van der Waals surface area (Å²) < 4.78 is 4.53. The summed E-state index contributed by atoms with van der Waals surface area (Å²) in [7, 11) is 1.31. The fraction of sp³-hybridized carbons (Fsp3) is 0.250. The summed E-state index contributed by atoms with van der Waals surface area (Å²) >= 11 is 0. The van der Waals surface area contributed by atoms with E-state index < -0.39 is 0 Å². The number of hydrogen-bond donors (Lipinski definition) is 0. The molecule has 1 aromatic carbocycles. The molecule has 0 amide bonds. The van der Waals surface area contributed by atoms with Crippen molar-refractivity contribution in [3.05, 3.63) is 34.4 Å². The van der Waals surface area contributed by atoms with Crippen LogP contribution in [0.25, 0.3) is 0 Å². The molecule has 4 nitrogen and oxygen atoms in total. The second kappa shape index (κ2) is 5.08. The number of esters is 1. The summed E-state index contributed by atoms with van der Waals surface area (Å²) in [5.41, 5.74) is 2.02. The summed E-state index contributed by atoms with van der Waals surface area (Å²) in [5.74, 6) is -0.374. The van der Waals surface area contributed by atoms with E-state index in [0.717, 1.165) is 0 Å². The molecule has 0 aliphatic carbocycles. The number of carbonyl (C=O) groups is 2. The zero-order valence-corrected chi connectivity index (χ0v) is 9.11. The first-order valence-corrected chi connectivity index (χ1v) is 4.68. The number of nitrogens with zero attached hydrogens (tertiary/aromatic N) is 1. The number of methoxy groups -OCH3 is 1. The summed E-state index contributed by atoms with van der Waals surface area (Å²) in [6.07, 6.45) is 0.718. The predicted octanol–water partition coefficient (Wildman–Crippen LogP) is 1.39. The van der Waals surface area contributed by atoms with Gasteiger partial charge in [-0.25, -0.2) is 0 Å².